The molecular formula is C27H30N2O10S. The number of carbonyl (C=O) groups is 4. The van der Waals surface area contributed by atoms with Gasteiger partial charge in [-0.1, -0.05) is 18.2 Å². The van der Waals surface area contributed by atoms with Gasteiger partial charge in [-0.2, -0.15) is 0 Å². The zero-order valence-electron chi connectivity index (χ0n) is 22.3. The first-order chi connectivity index (χ1) is 19.0. The van der Waals surface area contributed by atoms with Crippen LogP contribution in [0.25, 0.3) is 0 Å². The number of hydrogen-bond acceptors (Lipinski definition) is 11. The first-order valence-electron chi connectivity index (χ1n) is 12.2. The number of nitrogens with one attached hydrogen (secondary N) is 2. The Balaban J connectivity index is 1.79. The van der Waals surface area contributed by atoms with Crippen LogP contribution in [0.4, 0.5) is 5.69 Å². The molecule has 214 valence electrons. The summed E-state index contributed by atoms with van der Waals surface area (Å²) in [5.41, 5.74) is 0.601. The van der Waals surface area contributed by atoms with Crippen molar-refractivity contribution >= 4 is 46.9 Å². The SMILES string of the molecule is CC(=O)OC[C@@H]1O[C@H](NC(=S)Nc2ccc(Oc3ccccc3)cc2)[C@H](OC(C)=O)[C@H](OC(C)=O)[C@H]1OC(C)=O. The predicted molar refractivity (Wildman–Crippen MR) is 144 cm³/mol. The summed E-state index contributed by atoms with van der Waals surface area (Å²) in [6.07, 6.45) is -6.16. The van der Waals surface area contributed by atoms with Crippen LogP contribution < -0.4 is 15.4 Å². The van der Waals surface area contributed by atoms with Gasteiger partial charge in [0.1, 0.15) is 24.2 Å². The molecule has 1 heterocycles. The average Bonchev–Trinajstić information content (AvgIpc) is 2.87. The molecule has 0 amide bonds. The zero-order chi connectivity index (χ0) is 29.2. The molecular weight excluding hydrogens is 544 g/mol. The summed E-state index contributed by atoms with van der Waals surface area (Å²) in [4.78, 5) is 47.3. The topological polar surface area (TPSA) is 148 Å². The second-order valence-electron chi connectivity index (χ2n) is 8.66. The third-order valence-corrected chi connectivity index (χ3v) is 5.58. The summed E-state index contributed by atoms with van der Waals surface area (Å²) in [6.45, 7) is 4.29. The van der Waals surface area contributed by atoms with Crippen molar-refractivity contribution in [3.63, 3.8) is 0 Å². The number of thiocarbonyl (C=S) groups is 1. The van der Waals surface area contributed by atoms with Crippen LogP contribution in [-0.2, 0) is 42.9 Å². The van der Waals surface area contributed by atoms with E-state index in [1.165, 1.54) is 6.92 Å². The molecule has 0 saturated carbocycles. The molecule has 2 N–H and O–H groups in total. The molecule has 0 unspecified atom stereocenters. The Bertz CT molecular complexity index is 1210. The summed E-state index contributed by atoms with van der Waals surface area (Å²) in [7, 11) is 0. The Kier molecular flexibility index (Phi) is 10.8. The minimum absolute atomic E-state index is 0.0672. The van der Waals surface area contributed by atoms with E-state index in [0.29, 0.717) is 17.2 Å². The molecule has 1 saturated heterocycles. The summed E-state index contributed by atoms with van der Waals surface area (Å²) >= 11 is 5.44. The van der Waals surface area contributed by atoms with Crippen molar-refractivity contribution in [1.29, 1.82) is 0 Å². The predicted octanol–water partition coefficient (Wildman–Crippen LogP) is 2.85. The largest absolute Gasteiger partial charge is 0.463 e. The highest BCUT2D eigenvalue weighted by molar-refractivity contribution is 7.80. The van der Waals surface area contributed by atoms with E-state index in [2.05, 4.69) is 10.6 Å². The van der Waals surface area contributed by atoms with Crippen molar-refractivity contribution in [2.24, 2.45) is 0 Å². The van der Waals surface area contributed by atoms with E-state index in [1.54, 1.807) is 24.3 Å². The molecule has 0 spiro atoms. The molecule has 5 atom stereocenters. The van der Waals surface area contributed by atoms with Gasteiger partial charge in [0.05, 0.1) is 0 Å². The molecule has 0 aliphatic carbocycles. The molecule has 2 aromatic rings. The standard InChI is InChI=1S/C27H30N2O10S/c1-15(30)34-14-22-23(35-16(2)31)24(36-17(3)32)25(37-18(4)33)26(39-22)29-27(40)28-19-10-12-21(13-11-19)38-20-8-6-5-7-9-20/h5-13,22-26H,14H2,1-4H3,(H2,28,29,40)/t22-,23-,24+,25+,26-/m0/s1. The molecule has 0 bridgehead atoms. The van der Waals surface area contributed by atoms with Crippen LogP contribution in [0.5, 0.6) is 11.5 Å². The van der Waals surface area contributed by atoms with Crippen molar-refractivity contribution < 1.29 is 47.6 Å². The number of anilines is 1. The van der Waals surface area contributed by atoms with Gasteiger partial charge in [0, 0.05) is 33.4 Å². The Morgan fingerprint density at radius 2 is 1.30 bits per heavy atom. The van der Waals surface area contributed by atoms with Crippen LogP contribution in [0.15, 0.2) is 54.6 Å². The van der Waals surface area contributed by atoms with Crippen molar-refractivity contribution in [2.75, 3.05) is 11.9 Å². The van der Waals surface area contributed by atoms with E-state index >= 15 is 0 Å². The number of rotatable bonds is 9. The molecule has 0 aromatic heterocycles. The molecule has 1 aliphatic rings. The third-order valence-electron chi connectivity index (χ3n) is 5.36. The lowest BCUT2D eigenvalue weighted by molar-refractivity contribution is -0.254. The second-order valence-corrected chi connectivity index (χ2v) is 9.07. The van der Waals surface area contributed by atoms with Crippen LogP contribution in [0.3, 0.4) is 0 Å². The van der Waals surface area contributed by atoms with E-state index in [9.17, 15) is 19.2 Å². The summed E-state index contributed by atoms with van der Waals surface area (Å²) in [5, 5.41) is 5.94. The Hall–Kier alpha value is -4.23. The van der Waals surface area contributed by atoms with Crippen LogP contribution in [0, 0.1) is 0 Å². The first-order valence-corrected chi connectivity index (χ1v) is 12.6. The average molecular weight is 575 g/mol. The number of esters is 4. The molecule has 12 nitrogen and oxygen atoms in total. The summed E-state index contributed by atoms with van der Waals surface area (Å²) in [5.74, 6) is -1.49. The number of para-hydroxylation sites is 1. The third kappa shape index (κ3) is 9.20. The second kappa shape index (κ2) is 14.2. The van der Waals surface area contributed by atoms with Gasteiger partial charge >= 0.3 is 23.9 Å². The zero-order valence-corrected chi connectivity index (χ0v) is 23.1. The molecule has 1 fully saturated rings. The van der Waals surface area contributed by atoms with Crippen LogP contribution in [-0.4, -0.2) is 66.2 Å². The van der Waals surface area contributed by atoms with Gasteiger partial charge in [-0.25, -0.2) is 0 Å². The maximum Gasteiger partial charge on any atom is 0.303 e. The number of benzene rings is 2. The lowest BCUT2D eigenvalue weighted by Gasteiger charge is -2.44. The number of ether oxygens (including phenoxy) is 6. The highest BCUT2D eigenvalue weighted by Crippen LogP contribution is 2.29. The van der Waals surface area contributed by atoms with Gasteiger partial charge < -0.3 is 39.1 Å². The number of hydrogen-bond donors (Lipinski definition) is 2. The Morgan fingerprint density at radius 3 is 1.88 bits per heavy atom. The van der Waals surface area contributed by atoms with Gasteiger partial charge in [-0.3, -0.25) is 19.2 Å². The van der Waals surface area contributed by atoms with Gasteiger partial charge in [0.25, 0.3) is 0 Å². The number of carbonyl (C=O) groups excluding carboxylic acids is 4. The molecule has 3 rings (SSSR count). The van der Waals surface area contributed by atoms with Crippen LogP contribution in [0.1, 0.15) is 27.7 Å². The van der Waals surface area contributed by atoms with Crippen molar-refractivity contribution in [1.82, 2.24) is 5.32 Å². The fourth-order valence-electron chi connectivity index (χ4n) is 3.87. The lowest BCUT2D eigenvalue weighted by atomic mass is 9.97. The fraction of sp³-hybridized carbons (Fsp3) is 0.370. The van der Waals surface area contributed by atoms with E-state index in [1.807, 2.05) is 30.3 Å². The molecule has 0 radical (unpaired) electrons. The molecule has 40 heavy (non-hydrogen) atoms. The van der Waals surface area contributed by atoms with E-state index in [0.717, 1.165) is 20.8 Å². The van der Waals surface area contributed by atoms with Gasteiger partial charge in [0.15, 0.2) is 29.7 Å². The highest BCUT2D eigenvalue weighted by Gasteiger charge is 2.52. The van der Waals surface area contributed by atoms with E-state index in [4.69, 9.17) is 40.6 Å². The maximum absolute atomic E-state index is 12.0. The normalized spacial score (nSPS) is 21.8. The maximum atomic E-state index is 12.0. The molecule has 1 aliphatic heterocycles. The Labute approximate surface area is 236 Å². The minimum atomic E-state index is -1.31. The smallest absolute Gasteiger partial charge is 0.303 e. The monoisotopic (exact) mass is 574 g/mol. The van der Waals surface area contributed by atoms with E-state index in [-0.39, 0.29) is 11.7 Å². The fourth-order valence-corrected chi connectivity index (χ4v) is 4.11. The summed E-state index contributed by atoms with van der Waals surface area (Å²) < 4.78 is 33.0. The quantitative estimate of drug-likeness (QED) is 0.257. The van der Waals surface area contributed by atoms with Crippen LogP contribution in [0.2, 0.25) is 0 Å². The van der Waals surface area contributed by atoms with Gasteiger partial charge in [-0.15, -0.1) is 0 Å². The minimum Gasteiger partial charge on any atom is -0.463 e. The van der Waals surface area contributed by atoms with Crippen molar-refractivity contribution in [3.8, 4) is 11.5 Å². The van der Waals surface area contributed by atoms with Crippen molar-refractivity contribution in [2.45, 2.75) is 58.3 Å². The lowest BCUT2D eigenvalue weighted by Crippen LogP contribution is -2.66. The van der Waals surface area contributed by atoms with E-state index < -0.39 is 54.5 Å². The molecule has 2 aromatic carbocycles. The van der Waals surface area contributed by atoms with Crippen molar-refractivity contribution in [3.05, 3.63) is 54.6 Å². The first kappa shape index (κ1) is 30.3. The molecule has 13 heteroatoms. The van der Waals surface area contributed by atoms with Gasteiger partial charge in [-0.05, 0) is 48.6 Å². The van der Waals surface area contributed by atoms with Gasteiger partial charge in [0.2, 0.25) is 0 Å². The van der Waals surface area contributed by atoms with Crippen LogP contribution >= 0.6 is 12.2 Å². The highest BCUT2D eigenvalue weighted by atomic mass is 32.1. The summed E-state index contributed by atoms with van der Waals surface area (Å²) in [6, 6.07) is 16.2. The Morgan fingerprint density at radius 1 is 0.750 bits per heavy atom.